The van der Waals surface area contributed by atoms with E-state index >= 15 is 0 Å². The van der Waals surface area contributed by atoms with Crippen molar-refractivity contribution in [2.75, 3.05) is 52.4 Å². The zero-order valence-electron chi connectivity index (χ0n) is 16.2. The van der Waals surface area contributed by atoms with Crippen molar-refractivity contribution in [1.82, 2.24) is 34.8 Å². The summed E-state index contributed by atoms with van der Waals surface area (Å²) in [6, 6.07) is 1.72. The molecule has 2 aromatic rings. The molecule has 2 aliphatic heterocycles. The minimum absolute atomic E-state index is 0.0656. The third-order valence-electron chi connectivity index (χ3n) is 5.03. The molecule has 0 atom stereocenters. The molecule has 29 heavy (non-hydrogen) atoms. The monoisotopic (exact) mass is 401 g/mol. The average Bonchev–Trinajstić information content (AvgIpc) is 3.21. The maximum atomic E-state index is 12.5. The van der Waals surface area contributed by atoms with E-state index in [4.69, 9.17) is 9.26 Å². The predicted octanol–water partition coefficient (Wildman–Crippen LogP) is 0.227. The van der Waals surface area contributed by atoms with Gasteiger partial charge in [-0.05, 0) is 13.0 Å². The number of hydrogen-bond acceptors (Lipinski definition) is 9. The maximum Gasteiger partial charge on any atom is 0.409 e. The molecule has 0 saturated carbocycles. The van der Waals surface area contributed by atoms with Crippen molar-refractivity contribution < 1.29 is 18.8 Å². The molecular weight excluding hydrogens is 378 g/mol. The Balaban J connectivity index is 1.22. The highest BCUT2D eigenvalue weighted by atomic mass is 16.6. The predicted molar refractivity (Wildman–Crippen MR) is 99.7 cm³/mol. The normalized spacial score (nSPS) is 17.8. The molecule has 0 bridgehead atoms. The molecule has 2 fully saturated rings. The van der Waals surface area contributed by atoms with Gasteiger partial charge in [-0.25, -0.2) is 14.8 Å². The van der Waals surface area contributed by atoms with Crippen molar-refractivity contribution in [3.05, 3.63) is 24.4 Å². The summed E-state index contributed by atoms with van der Waals surface area (Å²) < 4.78 is 10.3. The van der Waals surface area contributed by atoms with E-state index in [2.05, 4.69) is 20.1 Å². The molecule has 2 aliphatic rings. The van der Waals surface area contributed by atoms with Gasteiger partial charge in [-0.15, -0.1) is 0 Å². The van der Waals surface area contributed by atoms with Gasteiger partial charge in [-0.2, -0.15) is 4.98 Å². The molecule has 0 unspecified atom stereocenters. The first-order valence-electron chi connectivity index (χ1n) is 9.67. The number of aromatic nitrogens is 4. The van der Waals surface area contributed by atoms with Gasteiger partial charge in [0.05, 0.1) is 19.1 Å². The molecule has 0 N–H and O–H groups in total. The van der Waals surface area contributed by atoms with Crippen molar-refractivity contribution >= 4 is 12.0 Å². The Morgan fingerprint density at radius 1 is 1.10 bits per heavy atom. The van der Waals surface area contributed by atoms with E-state index in [-0.39, 0.29) is 17.9 Å². The quantitative estimate of drug-likeness (QED) is 0.693. The standard InChI is InChI=1S/C18H23N7O4/c1-2-28-18(27)25-8-6-24(7-9-25)14(26)12-23-10-13(11-23)17-21-16(22-29-17)15-19-4-3-5-20-15/h3-5,13H,2,6-12H2,1H3. The Bertz CT molecular complexity index is 845. The van der Waals surface area contributed by atoms with Crippen LogP contribution < -0.4 is 0 Å². The lowest BCUT2D eigenvalue weighted by Gasteiger charge is -2.39. The van der Waals surface area contributed by atoms with Gasteiger partial charge in [0.25, 0.3) is 0 Å². The van der Waals surface area contributed by atoms with Gasteiger partial charge in [0.15, 0.2) is 0 Å². The van der Waals surface area contributed by atoms with Crippen LogP contribution in [0, 0.1) is 0 Å². The average molecular weight is 401 g/mol. The van der Waals surface area contributed by atoms with Gasteiger partial charge in [0, 0.05) is 51.7 Å². The smallest absolute Gasteiger partial charge is 0.409 e. The Morgan fingerprint density at radius 2 is 1.79 bits per heavy atom. The summed E-state index contributed by atoms with van der Waals surface area (Å²) in [6.07, 6.45) is 2.94. The van der Waals surface area contributed by atoms with Crippen molar-refractivity contribution in [2.24, 2.45) is 0 Å². The second-order valence-electron chi connectivity index (χ2n) is 6.99. The Kier molecular flexibility index (Phi) is 5.65. The zero-order valence-corrected chi connectivity index (χ0v) is 16.2. The summed E-state index contributed by atoms with van der Waals surface area (Å²) in [6.45, 7) is 5.91. The number of hydrogen-bond donors (Lipinski definition) is 0. The summed E-state index contributed by atoms with van der Waals surface area (Å²) in [4.78, 5) is 42.3. The van der Waals surface area contributed by atoms with Crippen LogP contribution in [0.2, 0.25) is 0 Å². The number of rotatable bonds is 5. The van der Waals surface area contributed by atoms with Crippen LogP contribution in [0.25, 0.3) is 11.6 Å². The highest BCUT2D eigenvalue weighted by molar-refractivity contribution is 5.79. The van der Waals surface area contributed by atoms with Crippen LogP contribution in [0.3, 0.4) is 0 Å². The fourth-order valence-electron chi connectivity index (χ4n) is 3.41. The number of amides is 2. The van der Waals surface area contributed by atoms with E-state index in [1.54, 1.807) is 35.2 Å². The molecule has 2 saturated heterocycles. The second kappa shape index (κ2) is 8.52. The van der Waals surface area contributed by atoms with Crippen LogP contribution in [-0.4, -0.2) is 99.2 Å². The van der Waals surface area contributed by atoms with Gasteiger partial charge in [0.1, 0.15) is 0 Å². The van der Waals surface area contributed by atoms with Crippen molar-refractivity contribution in [3.8, 4) is 11.6 Å². The van der Waals surface area contributed by atoms with E-state index in [0.717, 1.165) is 0 Å². The largest absolute Gasteiger partial charge is 0.450 e. The lowest BCUT2D eigenvalue weighted by Crippen LogP contribution is -2.55. The molecule has 0 aliphatic carbocycles. The number of carbonyl (C=O) groups is 2. The molecule has 0 spiro atoms. The Morgan fingerprint density at radius 3 is 2.48 bits per heavy atom. The number of carbonyl (C=O) groups excluding carboxylic acids is 2. The first-order chi connectivity index (χ1) is 14.1. The first-order valence-corrected chi connectivity index (χ1v) is 9.67. The summed E-state index contributed by atoms with van der Waals surface area (Å²) in [5.41, 5.74) is 0. The van der Waals surface area contributed by atoms with E-state index < -0.39 is 0 Å². The second-order valence-corrected chi connectivity index (χ2v) is 6.99. The summed E-state index contributed by atoms with van der Waals surface area (Å²) in [7, 11) is 0. The number of piperazine rings is 1. The molecule has 11 nitrogen and oxygen atoms in total. The molecule has 2 aromatic heterocycles. The van der Waals surface area contributed by atoms with Crippen LogP contribution >= 0.6 is 0 Å². The highest BCUT2D eigenvalue weighted by Gasteiger charge is 2.35. The molecule has 4 heterocycles. The lowest BCUT2D eigenvalue weighted by molar-refractivity contribution is -0.135. The zero-order chi connectivity index (χ0) is 20.2. The van der Waals surface area contributed by atoms with Crippen molar-refractivity contribution in [3.63, 3.8) is 0 Å². The minimum atomic E-state index is -0.315. The molecule has 0 aromatic carbocycles. The van der Waals surface area contributed by atoms with Crippen LogP contribution in [0.1, 0.15) is 18.7 Å². The van der Waals surface area contributed by atoms with Crippen molar-refractivity contribution in [2.45, 2.75) is 12.8 Å². The molecule has 2 amide bonds. The van der Waals surface area contributed by atoms with Crippen LogP contribution in [0.15, 0.2) is 23.0 Å². The summed E-state index contributed by atoms with van der Waals surface area (Å²) in [5, 5.41) is 3.94. The van der Waals surface area contributed by atoms with Crippen LogP contribution in [-0.2, 0) is 9.53 Å². The summed E-state index contributed by atoms with van der Waals surface area (Å²) in [5.74, 6) is 1.51. The van der Waals surface area contributed by atoms with E-state index in [1.165, 1.54) is 0 Å². The fourth-order valence-corrected chi connectivity index (χ4v) is 3.41. The van der Waals surface area contributed by atoms with Crippen molar-refractivity contribution in [1.29, 1.82) is 0 Å². The minimum Gasteiger partial charge on any atom is -0.450 e. The molecule has 11 heteroatoms. The van der Waals surface area contributed by atoms with Gasteiger partial charge < -0.3 is 19.1 Å². The number of likely N-dealkylation sites (tertiary alicyclic amines) is 1. The summed E-state index contributed by atoms with van der Waals surface area (Å²) >= 11 is 0. The van der Waals surface area contributed by atoms with E-state index in [9.17, 15) is 9.59 Å². The Hall–Kier alpha value is -3.08. The van der Waals surface area contributed by atoms with E-state index in [0.29, 0.717) is 70.0 Å². The Labute approximate surface area is 167 Å². The van der Waals surface area contributed by atoms with Crippen LogP contribution in [0.5, 0.6) is 0 Å². The molecule has 0 radical (unpaired) electrons. The first kappa shape index (κ1) is 19.2. The third kappa shape index (κ3) is 4.34. The topological polar surface area (TPSA) is 118 Å². The van der Waals surface area contributed by atoms with Gasteiger partial charge in [-0.3, -0.25) is 9.69 Å². The maximum absolute atomic E-state index is 12.5. The molecule has 4 rings (SSSR count). The van der Waals surface area contributed by atoms with Gasteiger partial charge >= 0.3 is 6.09 Å². The number of nitrogens with zero attached hydrogens (tertiary/aromatic N) is 7. The molecule has 154 valence electrons. The number of ether oxygens (including phenoxy) is 1. The van der Waals surface area contributed by atoms with E-state index in [1.807, 2.05) is 4.90 Å². The SMILES string of the molecule is CCOC(=O)N1CCN(C(=O)CN2CC(c3nc(-c4ncccn4)no3)C2)CC1. The fraction of sp³-hybridized carbons (Fsp3) is 0.556. The lowest BCUT2D eigenvalue weighted by atomic mass is 10.0. The third-order valence-corrected chi connectivity index (χ3v) is 5.03. The highest BCUT2D eigenvalue weighted by Crippen LogP contribution is 2.26. The van der Waals surface area contributed by atoms with Crippen LogP contribution in [0.4, 0.5) is 4.79 Å². The van der Waals surface area contributed by atoms with Gasteiger partial charge in [0.2, 0.25) is 23.4 Å². The van der Waals surface area contributed by atoms with Gasteiger partial charge in [-0.1, -0.05) is 5.16 Å². The molecular formula is C18H23N7O4.